The summed E-state index contributed by atoms with van der Waals surface area (Å²) < 4.78 is 5.56. The van der Waals surface area contributed by atoms with Crippen molar-refractivity contribution in [2.24, 2.45) is 0 Å². The molecule has 76 valence electrons. The maximum atomic E-state index is 5.56. The van der Waals surface area contributed by atoms with Crippen molar-refractivity contribution in [2.75, 3.05) is 5.75 Å². The molecule has 0 N–H and O–H groups in total. The number of rotatable bonds is 5. The zero-order valence-corrected chi connectivity index (χ0v) is 9.30. The Bertz CT molecular complexity index is 273. The average molecular weight is 208 g/mol. The molecule has 2 unspecified atom stereocenters. The van der Waals surface area contributed by atoms with Crippen LogP contribution in [0.4, 0.5) is 0 Å². The third-order valence-corrected chi connectivity index (χ3v) is 3.52. The third-order valence-electron chi connectivity index (χ3n) is 2.42. The molecular weight excluding hydrogens is 192 g/mol. The van der Waals surface area contributed by atoms with E-state index in [0.717, 1.165) is 5.75 Å². The molecule has 1 aromatic carbocycles. The lowest BCUT2D eigenvalue weighted by Gasteiger charge is -1.97. The number of ether oxygens (including phenoxy) is 1. The highest BCUT2D eigenvalue weighted by atomic mass is 32.2. The summed E-state index contributed by atoms with van der Waals surface area (Å²) in [6, 6.07) is 10.5. The van der Waals surface area contributed by atoms with Gasteiger partial charge in [0.1, 0.15) is 0 Å². The van der Waals surface area contributed by atoms with Crippen LogP contribution in [0.1, 0.15) is 19.8 Å². The van der Waals surface area contributed by atoms with Crippen molar-refractivity contribution >= 4 is 11.8 Å². The van der Waals surface area contributed by atoms with Gasteiger partial charge in [0.25, 0.3) is 0 Å². The number of epoxide rings is 1. The zero-order valence-electron chi connectivity index (χ0n) is 8.48. The van der Waals surface area contributed by atoms with Gasteiger partial charge in [0, 0.05) is 10.6 Å². The molecule has 1 aliphatic heterocycles. The quantitative estimate of drug-likeness (QED) is 0.543. The lowest BCUT2D eigenvalue weighted by molar-refractivity contribution is 0.371. The van der Waals surface area contributed by atoms with Gasteiger partial charge in [-0.25, -0.2) is 0 Å². The Labute approximate surface area is 89.9 Å². The molecule has 1 fully saturated rings. The fraction of sp³-hybridized carbons (Fsp3) is 0.500. The first-order valence-corrected chi connectivity index (χ1v) is 6.22. The van der Waals surface area contributed by atoms with Crippen LogP contribution in [0.2, 0.25) is 0 Å². The van der Waals surface area contributed by atoms with Crippen molar-refractivity contribution in [1.29, 1.82) is 0 Å². The van der Waals surface area contributed by atoms with Crippen LogP contribution < -0.4 is 0 Å². The molecule has 0 spiro atoms. The predicted octanol–water partition coefficient (Wildman–Crippen LogP) is 3.35. The maximum absolute atomic E-state index is 5.56. The summed E-state index contributed by atoms with van der Waals surface area (Å²) in [7, 11) is 0. The molecule has 1 nitrogen and oxygen atoms in total. The molecular formula is C12H16OS. The van der Waals surface area contributed by atoms with Crippen molar-refractivity contribution in [3.8, 4) is 0 Å². The fourth-order valence-electron chi connectivity index (χ4n) is 1.56. The maximum Gasteiger partial charge on any atom is 0.0935 e. The molecule has 0 bridgehead atoms. The normalized spacial score (nSPS) is 24.9. The summed E-state index contributed by atoms with van der Waals surface area (Å²) in [6.45, 7) is 2.21. The first-order valence-electron chi connectivity index (χ1n) is 5.23. The Balaban J connectivity index is 1.70. The van der Waals surface area contributed by atoms with E-state index in [4.69, 9.17) is 4.74 Å². The van der Waals surface area contributed by atoms with Crippen LogP contribution in [0, 0.1) is 0 Å². The summed E-state index contributed by atoms with van der Waals surface area (Å²) in [6.07, 6.45) is 3.52. The summed E-state index contributed by atoms with van der Waals surface area (Å²) >= 11 is 1.90. The summed E-state index contributed by atoms with van der Waals surface area (Å²) in [4.78, 5) is 1.35. The molecule has 2 rings (SSSR count). The van der Waals surface area contributed by atoms with E-state index in [0.29, 0.717) is 12.2 Å². The van der Waals surface area contributed by atoms with E-state index in [1.165, 1.54) is 17.7 Å². The van der Waals surface area contributed by atoms with Crippen LogP contribution in [0.3, 0.4) is 0 Å². The smallest absolute Gasteiger partial charge is 0.0935 e. The monoisotopic (exact) mass is 208 g/mol. The fourth-order valence-corrected chi connectivity index (χ4v) is 2.56. The van der Waals surface area contributed by atoms with Crippen molar-refractivity contribution in [3.63, 3.8) is 0 Å². The third kappa shape index (κ3) is 2.76. The summed E-state index contributed by atoms with van der Waals surface area (Å²) in [5.41, 5.74) is 0. The predicted molar refractivity (Wildman–Crippen MR) is 60.7 cm³/mol. The van der Waals surface area contributed by atoms with Gasteiger partial charge in [0.15, 0.2) is 0 Å². The highest BCUT2D eigenvalue weighted by Gasteiger charge is 2.37. The van der Waals surface area contributed by atoms with E-state index < -0.39 is 0 Å². The van der Waals surface area contributed by atoms with Gasteiger partial charge in [-0.15, -0.1) is 11.8 Å². The van der Waals surface area contributed by atoms with Crippen molar-refractivity contribution in [2.45, 2.75) is 36.9 Å². The second kappa shape index (κ2) is 4.85. The van der Waals surface area contributed by atoms with Gasteiger partial charge in [-0.2, -0.15) is 0 Å². The van der Waals surface area contributed by atoms with Crippen LogP contribution in [0.25, 0.3) is 0 Å². The highest BCUT2D eigenvalue weighted by Crippen LogP contribution is 2.31. The van der Waals surface area contributed by atoms with E-state index >= 15 is 0 Å². The van der Waals surface area contributed by atoms with E-state index in [1.54, 1.807) is 0 Å². The molecule has 1 saturated heterocycles. The standard InChI is InChI=1S/C12H16OS/c1-2-6-11-12(13-11)9-14-10-7-4-3-5-8-10/h3-5,7-8,11-12H,2,6,9H2,1H3. The van der Waals surface area contributed by atoms with Gasteiger partial charge < -0.3 is 4.74 Å². The zero-order chi connectivity index (χ0) is 9.80. The summed E-state index contributed by atoms with van der Waals surface area (Å²) in [5.74, 6) is 1.11. The molecule has 1 aromatic rings. The topological polar surface area (TPSA) is 12.5 Å². The van der Waals surface area contributed by atoms with Gasteiger partial charge in [0.2, 0.25) is 0 Å². The largest absolute Gasteiger partial charge is 0.369 e. The second-order valence-electron chi connectivity index (χ2n) is 3.63. The lowest BCUT2D eigenvalue weighted by atomic mass is 10.2. The Morgan fingerprint density at radius 1 is 1.21 bits per heavy atom. The van der Waals surface area contributed by atoms with Crippen LogP contribution in [0.5, 0.6) is 0 Å². The Morgan fingerprint density at radius 2 is 2.00 bits per heavy atom. The SMILES string of the molecule is CCCC1OC1CSc1ccccc1. The van der Waals surface area contributed by atoms with Crippen LogP contribution in [-0.4, -0.2) is 18.0 Å². The Kier molecular flexibility index (Phi) is 3.49. The molecule has 0 radical (unpaired) electrons. The van der Waals surface area contributed by atoms with Crippen molar-refractivity contribution in [1.82, 2.24) is 0 Å². The molecule has 1 aliphatic rings. The number of benzene rings is 1. The number of hydrogen-bond donors (Lipinski definition) is 0. The minimum Gasteiger partial charge on any atom is -0.369 e. The first-order chi connectivity index (χ1) is 6.90. The first kappa shape index (κ1) is 10.1. The number of thioether (sulfide) groups is 1. The minimum absolute atomic E-state index is 0.514. The van der Waals surface area contributed by atoms with Crippen molar-refractivity contribution in [3.05, 3.63) is 30.3 Å². The lowest BCUT2D eigenvalue weighted by Crippen LogP contribution is -1.96. The molecule has 14 heavy (non-hydrogen) atoms. The molecule has 0 aliphatic carbocycles. The highest BCUT2D eigenvalue weighted by molar-refractivity contribution is 7.99. The van der Waals surface area contributed by atoms with Gasteiger partial charge in [-0.1, -0.05) is 31.5 Å². The van der Waals surface area contributed by atoms with E-state index in [-0.39, 0.29) is 0 Å². The summed E-state index contributed by atoms with van der Waals surface area (Å²) in [5, 5.41) is 0. The molecule has 0 aromatic heterocycles. The minimum atomic E-state index is 0.514. The van der Waals surface area contributed by atoms with Gasteiger partial charge in [-0.05, 0) is 18.6 Å². The molecule has 0 amide bonds. The molecule has 1 heterocycles. The Hall–Kier alpha value is -0.470. The molecule has 0 saturated carbocycles. The Morgan fingerprint density at radius 3 is 2.71 bits per heavy atom. The second-order valence-corrected chi connectivity index (χ2v) is 4.72. The van der Waals surface area contributed by atoms with Crippen LogP contribution in [-0.2, 0) is 4.74 Å². The van der Waals surface area contributed by atoms with Crippen LogP contribution in [0.15, 0.2) is 35.2 Å². The number of hydrogen-bond acceptors (Lipinski definition) is 2. The van der Waals surface area contributed by atoms with Gasteiger partial charge in [0.05, 0.1) is 12.2 Å². The van der Waals surface area contributed by atoms with E-state index in [1.807, 2.05) is 11.8 Å². The van der Waals surface area contributed by atoms with E-state index in [9.17, 15) is 0 Å². The van der Waals surface area contributed by atoms with Gasteiger partial charge in [-0.3, -0.25) is 0 Å². The van der Waals surface area contributed by atoms with Crippen LogP contribution >= 0.6 is 11.8 Å². The van der Waals surface area contributed by atoms with Gasteiger partial charge >= 0.3 is 0 Å². The van der Waals surface area contributed by atoms with E-state index in [2.05, 4.69) is 37.3 Å². The molecule has 2 heteroatoms. The van der Waals surface area contributed by atoms with Crippen molar-refractivity contribution < 1.29 is 4.74 Å². The average Bonchev–Trinajstić information content (AvgIpc) is 2.96. The molecule has 2 atom stereocenters.